The molecule has 0 saturated carbocycles. The van der Waals surface area contributed by atoms with Gasteiger partial charge in [-0.1, -0.05) is 35.5 Å². The van der Waals surface area contributed by atoms with Crippen LogP contribution in [0.5, 0.6) is 0 Å². The van der Waals surface area contributed by atoms with Gasteiger partial charge < -0.3 is 10.2 Å². The third-order valence-electron chi connectivity index (χ3n) is 2.25. The molecule has 0 aliphatic heterocycles. The average molecular weight is 218 g/mol. The molecule has 1 rings (SSSR count). The summed E-state index contributed by atoms with van der Waals surface area (Å²) >= 11 is 0. The lowest BCUT2D eigenvalue weighted by Gasteiger charge is -2.09. The fraction of sp³-hybridized carbons (Fsp3) is 0.308. The molecule has 0 unspecified atom stereocenters. The molecule has 0 radical (unpaired) electrons. The summed E-state index contributed by atoms with van der Waals surface area (Å²) in [6.45, 7) is 3.83. The first-order valence-corrected chi connectivity index (χ1v) is 5.37. The van der Waals surface area contributed by atoms with Gasteiger partial charge in [0, 0.05) is 18.8 Å². The van der Waals surface area contributed by atoms with Gasteiger partial charge >= 0.3 is 0 Å². The molecule has 0 aromatic heterocycles. The van der Waals surface area contributed by atoms with E-state index in [1.165, 1.54) is 0 Å². The van der Waals surface area contributed by atoms with Crippen LogP contribution in [0.4, 0.5) is 0 Å². The highest BCUT2D eigenvalue weighted by atomic mass is 16.6. The van der Waals surface area contributed by atoms with Gasteiger partial charge in [0.05, 0.1) is 0 Å². The largest absolute Gasteiger partial charge is 0.357 e. The number of nitrogens with one attached hydrogen (secondary N) is 1. The maximum Gasteiger partial charge on any atom is 0.226 e. The summed E-state index contributed by atoms with van der Waals surface area (Å²) in [5.41, 5.74) is 2.20. The summed E-state index contributed by atoms with van der Waals surface area (Å²) in [5.74, 6) is 0.677. The van der Waals surface area contributed by atoms with Crippen LogP contribution in [0.25, 0.3) is 0 Å². The Balaban J connectivity index is 2.90. The zero-order valence-corrected chi connectivity index (χ0v) is 10.0. The minimum atomic E-state index is 0.677. The molecule has 0 saturated heterocycles. The molecule has 0 aromatic carbocycles. The second-order valence-corrected chi connectivity index (χ2v) is 3.34. The Morgan fingerprint density at radius 1 is 1.50 bits per heavy atom. The van der Waals surface area contributed by atoms with E-state index < -0.39 is 0 Å². The monoisotopic (exact) mass is 218 g/mol. The second-order valence-electron chi connectivity index (χ2n) is 3.34. The van der Waals surface area contributed by atoms with Crippen LogP contribution < -0.4 is 5.32 Å². The van der Waals surface area contributed by atoms with E-state index in [0.717, 1.165) is 17.6 Å². The number of hydrogen-bond acceptors (Lipinski definition) is 3. The fourth-order valence-electron chi connectivity index (χ4n) is 1.40. The van der Waals surface area contributed by atoms with Crippen molar-refractivity contribution < 1.29 is 4.84 Å². The van der Waals surface area contributed by atoms with Gasteiger partial charge in [-0.15, -0.1) is 0 Å². The predicted octanol–water partition coefficient (Wildman–Crippen LogP) is 2.90. The number of oxime groups is 1. The molecule has 1 N–H and O–H groups in total. The maximum atomic E-state index is 5.24. The quantitative estimate of drug-likeness (QED) is 0.447. The van der Waals surface area contributed by atoms with Crippen LogP contribution >= 0.6 is 0 Å². The Bertz CT molecular complexity index is 373. The third-order valence-corrected chi connectivity index (χ3v) is 2.25. The van der Waals surface area contributed by atoms with Crippen molar-refractivity contribution in [3.05, 3.63) is 47.4 Å². The Hall–Kier alpha value is -1.77. The summed E-state index contributed by atoms with van der Waals surface area (Å²) in [6, 6.07) is 0. The van der Waals surface area contributed by atoms with Crippen LogP contribution in [0.1, 0.15) is 20.3 Å². The van der Waals surface area contributed by atoms with Gasteiger partial charge in [-0.2, -0.15) is 0 Å². The molecule has 1 aliphatic rings. The Morgan fingerprint density at radius 2 is 2.31 bits per heavy atom. The van der Waals surface area contributed by atoms with Crippen molar-refractivity contribution in [3.63, 3.8) is 0 Å². The molecule has 0 aromatic rings. The molecule has 0 amide bonds. The third kappa shape index (κ3) is 3.42. The van der Waals surface area contributed by atoms with Crippen molar-refractivity contribution in [2.75, 3.05) is 7.05 Å². The number of rotatable bonds is 4. The molecule has 1 aliphatic carbocycles. The molecule has 0 heterocycles. The molecular weight excluding hydrogens is 200 g/mol. The normalized spacial score (nSPS) is 16.8. The van der Waals surface area contributed by atoms with Gasteiger partial charge in [-0.25, -0.2) is 0 Å². The zero-order valence-electron chi connectivity index (χ0n) is 10.0. The van der Waals surface area contributed by atoms with E-state index in [4.69, 9.17) is 4.84 Å². The topological polar surface area (TPSA) is 33.6 Å². The summed E-state index contributed by atoms with van der Waals surface area (Å²) in [5, 5.41) is 6.77. The number of hydrogen-bond donors (Lipinski definition) is 1. The van der Waals surface area contributed by atoms with Gasteiger partial charge in [-0.05, 0) is 25.8 Å². The summed E-state index contributed by atoms with van der Waals surface area (Å²) < 4.78 is 0. The average Bonchev–Trinajstić information content (AvgIpc) is 2.58. The van der Waals surface area contributed by atoms with Crippen molar-refractivity contribution in [3.8, 4) is 0 Å². The van der Waals surface area contributed by atoms with E-state index in [0.29, 0.717) is 5.88 Å². The predicted molar refractivity (Wildman–Crippen MR) is 68.0 cm³/mol. The molecule has 3 nitrogen and oxygen atoms in total. The van der Waals surface area contributed by atoms with Crippen LogP contribution in [0, 0.1) is 0 Å². The Kier molecular flexibility index (Phi) is 5.12. The SMILES string of the molecule is C/C=N\O/C(NC)=C(\C)C1=CCC=CC=C1. The molecule has 0 fully saturated rings. The highest BCUT2D eigenvalue weighted by Crippen LogP contribution is 2.18. The molecular formula is C13H18N2O. The number of allylic oxidation sites excluding steroid dienone is 7. The van der Waals surface area contributed by atoms with Crippen LogP contribution in [0.2, 0.25) is 0 Å². The van der Waals surface area contributed by atoms with Crippen LogP contribution in [-0.2, 0) is 4.84 Å². The van der Waals surface area contributed by atoms with Gasteiger partial charge in [-0.3, -0.25) is 0 Å². The van der Waals surface area contributed by atoms with E-state index in [9.17, 15) is 0 Å². The van der Waals surface area contributed by atoms with Crippen molar-refractivity contribution >= 4 is 6.21 Å². The highest BCUT2D eigenvalue weighted by molar-refractivity contribution is 5.52. The van der Waals surface area contributed by atoms with E-state index in [1.54, 1.807) is 6.21 Å². The summed E-state index contributed by atoms with van der Waals surface area (Å²) in [6.07, 6.45) is 13.0. The maximum absolute atomic E-state index is 5.24. The molecule has 0 spiro atoms. The van der Waals surface area contributed by atoms with Gasteiger partial charge in [0.2, 0.25) is 5.88 Å². The van der Waals surface area contributed by atoms with Crippen molar-refractivity contribution in [1.82, 2.24) is 5.32 Å². The Labute approximate surface area is 96.9 Å². The minimum absolute atomic E-state index is 0.677. The minimum Gasteiger partial charge on any atom is -0.357 e. The van der Waals surface area contributed by atoms with Crippen LogP contribution in [0.15, 0.2) is 52.6 Å². The first-order chi connectivity index (χ1) is 7.79. The van der Waals surface area contributed by atoms with Crippen LogP contribution in [0.3, 0.4) is 0 Å². The standard InChI is InChI=1S/C13H18N2O/c1-4-15-16-13(14-3)11(2)12-9-7-5-6-8-10-12/h4-7,9-10,14H,8H2,1-3H3/b13-11+,15-4-. The van der Waals surface area contributed by atoms with E-state index in [-0.39, 0.29) is 0 Å². The van der Waals surface area contributed by atoms with Crippen molar-refractivity contribution in [1.29, 1.82) is 0 Å². The first kappa shape index (κ1) is 12.3. The smallest absolute Gasteiger partial charge is 0.226 e. The van der Waals surface area contributed by atoms with Crippen molar-refractivity contribution in [2.24, 2.45) is 5.16 Å². The van der Waals surface area contributed by atoms with Gasteiger partial charge in [0.25, 0.3) is 0 Å². The van der Waals surface area contributed by atoms with E-state index >= 15 is 0 Å². The molecule has 0 atom stereocenters. The summed E-state index contributed by atoms with van der Waals surface area (Å²) in [4.78, 5) is 5.24. The molecule has 3 heteroatoms. The second kappa shape index (κ2) is 6.67. The lowest BCUT2D eigenvalue weighted by molar-refractivity contribution is 0.207. The van der Waals surface area contributed by atoms with Crippen molar-refractivity contribution in [2.45, 2.75) is 20.3 Å². The molecule has 16 heavy (non-hydrogen) atoms. The lowest BCUT2D eigenvalue weighted by atomic mass is 10.1. The summed E-state index contributed by atoms with van der Waals surface area (Å²) in [7, 11) is 1.82. The van der Waals surface area contributed by atoms with Crippen LogP contribution in [-0.4, -0.2) is 13.3 Å². The van der Waals surface area contributed by atoms with Gasteiger partial charge in [0.1, 0.15) is 0 Å². The first-order valence-electron chi connectivity index (χ1n) is 5.37. The highest BCUT2D eigenvalue weighted by Gasteiger charge is 2.05. The Morgan fingerprint density at radius 3 is 3.00 bits per heavy atom. The lowest BCUT2D eigenvalue weighted by Crippen LogP contribution is -2.10. The zero-order chi connectivity index (χ0) is 11.8. The van der Waals surface area contributed by atoms with E-state index in [2.05, 4.69) is 28.7 Å². The fourth-order valence-corrected chi connectivity index (χ4v) is 1.40. The number of nitrogens with zero attached hydrogens (tertiary/aromatic N) is 1. The van der Waals surface area contributed by atoms with Gasteiger partial charge in [0.15, 0.2) is 0 Å². The molecule has 86 valence electrons. The van der Waals surface area contributed by atoms with E-state index in [1.807, 2.05) is 33.0 Å². The molecule has 0 bridgehead atoms.